The number of carbonyl (C=O) groups is 3. The molecular formula is C15H20N2O5. The summed E-state index contributed by atoms with van der Waals surface area (Å²) < 4.78 is 4.87. The van der Waals surface area contributed by atoms with Gasteiger partial charge in [-0.3, -0.25) is 9.59 Å². The van der Waals surface area contributed by atoms with Crippen LogP contribution < -0.4 is 5.32 Å². The Morgan fingerprint density at radius 2 is 1.77 bits per heavy atom. The monoisotopic (exact) mass is 308 g/mol. The van der Waals surface area contributed by atoms with Crippen molar-refractivity contribution in [2.24, 2.45) is 0 Å². The smallest absolute Gasteiger partial charge is 0.335 e. The summed E-state index contributed by atoms with van der Waals surface area (Å²) in [7, 11) is 3.10. The summed E-state index contributed by atoms with van der Waals surface area (Å²) in [5.74, 6) is -1.65. The molecule has 0 unspecified atom stereocenters. The summed E-state index contributed by atoms with van der Waals surface area (Å²) in [5, 5.41) is 11.5. The lowest BCUT2D eigenvalue weighted by Crippen LogP contribution is -2.38. The van der Waals surface area contributed by atoms with Crippen molar-refractivity contribution >= 4 is 17.8 Å². The lowest BCUT2D eigenvalue weighted by Gasteiger charge is -2.17. The number of ether oxygens (including phenoxy) is 1. The van der Waals surface area contributed by atoms with Crippen LogP contribution in [0.2, 0.25) is 0 Å². The topological polar surface area (TPSA) is 95.9 Å². The fraction of sp³-hybridized carbons (Fsp3) is 0.400. The molecule has 0 fully saturated rings. The summed E-state index contributed by atoms with van der Waals surface area (Å²) >= 11 is 0. The second kappa shape index (κ2) is 8.78. The third-order valence-corrected chi connectivity index (χ3v) is 2.95. The summed E-state index contributed by atoms with van der Waals surface area (Å²) in [6, 6.07) is 5.57. The normalized spacial score (nSPS) is 10.1. The predicted octanol–water partition coefficient (Wildman–Crippen LogP) is 0.610. The first kappa shape index (κ1) is 17.6. The average molecular weight is 308 g/mol. The standard InChI is InChI=1S/C15H20N2O5/c1-17(10-13(18)16-8-3-9-22-2)14(19)11-4-6-12(7-5-11)15(20)21/h4-7H,3,8-10H2,1-2H3,(H,16,18)(H,20,21). The summed E-state index contributed by atoms with van der Waals surface area (Å²) in [6.07, 6.45) is 0.705. The zero-order valence-corrected chi connectivity index (χ0v) is 12.7. The molecule has 1 aromatic rings. The van der Waals surface area contributed by atoms with Crippen LogP contribution in [0.25, 0.3) is 0 Å². The van der Waals surface area contributed by atoms with Crippen molar-refractivity contribution in [2.45, 2.75) is 6.42 Å². The zero-order chi connectivity index (χ0) is 16.5. The molecule has 0 aliphatic carbocycles. The fourth-order valence-electron chi connectivity index (χ4n) is 1.76. The number of rotatable bonds is 8. The largest absolute Gasteiger partial charge is 0.478 e. The highest BCUT2D eigenvalue weighted by molar-refractivity contribution is 5.97. The quantitative estimate of drug-likeness (QED) is 0.686. The Morgan fingerprint density at radius 1 is 1.18 bits per heavy atom. The van der Waals surface area contributed by atoms with E-state index in [1.165, 1.54) is 36.2 Å². The minimum Gasteiger partial charge on any atom is -0.478 e. The third kappa shape index (κ3) is 5.53. The molecule has 2 amide bonds. The van der Waals surface area contributed by atoms with E-state index >= 15 is 0 Å². The molecule has 120 valence electrons. The van der Waals surface area contributed by atoms with Gasteiger partial charge in [-0.05, 0) is 30.7 Å². The van der Waals surface area contributed by atoms with E-state index in [0.29, 0.717) is 25.1 Å². The number of carboxylic acids is 1. The molecule has 0 aromatic heterocycles. The number of aromatic carboxylic acids is 1. The van der Waals surface area contributed by atoms with E-state index < -0.39 is 5.97 Å². The van der Waals surface area contributed by atoms with Gasteiger partial charge < -0.3 is 20.1 Å². The second-order valence-corrected chi connectivity index (χ2v) is 4.74. The van der Waals surface area contributed by atoms with Gasteiger partial charge in [0.1, 0.15) is 0 Å². The van der Waals surface area contributed by atoms with Crippen molar-refractivity contribution in [3.63, 3.8) is 0 Å². The molecule has 7 heteroatoms. The van der Waals surface area contributed by atoms with Crippen LogP contribution in [0.4, 0.5) is 0 Å². The Balaban J connectivity index is 2.50. The van der Waals surface area contributed by atoms with Crippen molar-refractivity contribution in [2.75, 3.05) is 33.9 Å². The fourth-order valence-corrected chi connectivity index (χ4v) is 1.76. The Hall–Kier alpha value is -2.41. The molecule has 0 atom stereocenters. The van der Waals surface area contributed by atoms with Crippen LogP contribution in [0.15, 0.2) is 24.3 Å². The van der Waals surface area contributed by atoms with E-state index in [4.69, 9.17) is 9.84 Å². The maximum Gasteiger partial charge on any atom is 0.335 e. The second-order valence-electron chi connectivity index (χ2n) is 4.74. The molecule has 0 bridgehead atoms. The average Bonchev–Trinajstić information content (AvgIpc) is 2.50. The number of methoxy groups -OCH3 is 1. The molecule has 0 saturated heterocycles. The van der Waals surface area contributed by atoms with Crippen LogP contribution in [0, 0.1) is 0 Å². The molecule has 0 radical (unpaired) electrons. The van der Waals surface area contributed by atoms with E-state index in [-0.39, 0.29) is 23.9 Å². The molecule has 1 rings (SSSR count). The molecule has 1 aromatic carbocycles. The summed E-state index contributed by atoms with van der Waals surface area (Å²) in [4.78, 5) is 35.8. The molecule has 0 aliphatic heterocycles. The number of likely N-dealkylation sites (N-methyl/N-ethyl adjacent to an activating group) is 1. The van der Waals surface area contributed by atoms with E-state index in [1.54, 1.807) is 7.11 Å². The Bertz CT molecular complexity index is 527. The first-order valence-corrected chi connectivity index (χ1v) is 6.80. The maximum atomic E-state index is 12.1. The van der Waals surface area contributed by atoms with Crippen LogP contribution in [0.3, 0.4) is 0 Å². The first-order chi connectivity index (χ1) is 10.5. The Labute approximate surface area is 128 Å². The number of hydrogen-bond acceptors (Lipinski definition) is 4. The van der Waals surface area contributed by atoms with Gasteiger partial charge in [0.15, 0.2) is 0 Å². The molecular weight excluding hydrogens is 288 g/mol. The molecule has 2 N–H and O–H groups in total. The van der Waals surface area contributed by atoms with Crippen LogP contribution in [0.5, 0.6) is 0 Å². The molecule has 22 heavy (non-hydrogen) atoms. The number of carbonyl (C=O) groups excluding carboxylic acids is 2. The molecule has 0 aliphatic rings. The van der Waals surface area contributed by atoms with Gasteiger partial charge in [0.05, 0.1) is 12.1 Å². The van der Waals surface area contributed by atoms with Crippen molar-refractivity contribution in [3.8, 4) is 0 Å². The van der Waals surface area contributed by atoms with E-state index in [9.17, 15) is 14.4 Å². The number of hydrogen-bond donors (Lipinski definition) is 2. The van der Waals surface area contributed by atoms with Crippen molar-refractivity contribution in [1.29, 1.82) is 0 Å². The number of benzene rings is 1. The SMILES string of the molecule is COCCCNC(=O)CN(C)C(=O)c1ccc(C(=O)O)cc1. The van der Waals surface area contributed by atoms with Gasteiger partial charge in [-0.15, -0.1) is 0 Å². The van der Waals surface area contributed by atoms with Crippen LogP contribution in [-0.4, -0.2) is 61.6 Å². The number of carboxylic acid groups (broad SMARTS) is 1. The number of amides is 2. The highest BCUT2D eigenvalue weighted by Crippen LogP contribution is 2.07. The molecule has 0 spiro atoms. The third-order valence-electron chi connectivity index (χ3n) is 2.95. The van der Waals surface area contributed by atoms with Crippen molar-refractivity contribution in [1.82, 2.24) is 10.2 Å². The minimum atomic E-state index is -1.05. The van der Waals surface area contributed by atoms with E-state index in [0.717, 1.165) is 0 Å². The highest BCUT2D eigenvalue weighted by Gasteiger charge is 2.15. The maximum absolute atomic E-state index is 12.1. The van der Waals surface area contributed by atoms with Crippen LogP contribution in [-0.2, 0) is 9.53 Å². The molecule has 7 nitrogen and oxygen atoms in total. The van der Waals surface area contributed by atoms with Crippen molar-refractivity contribution in [3.05, 3.63) is 35.4 Å². The van der Waals surface area contributed by atoms with Gasteiger partial charge in [0, 0.05) is 32.9 Å². The molecule has 0 saturated carbocycles. The van der Waals surface area contributed by atoms with Gasteiger partial charge in [0.2, 0.25) is 5.91 Å². The van der Waals surface area contributed by atoms with Gasteiger partial charge in [-0.1, -0.05) is 0 Å². The summed E-state index contributed by atoms with van der Waals surface area (Å²) in [5.41, 5.74) is 0.440. The van der Waals surface area contributed by atoms with Gasteiger partial charge in [-0.2, -0.15) is 0 Å². The first-order valence-electron chi connectivity index (χ1n) is 6.80. The molecule has 0 heterocycles. The minimum absolute atomic E-state index is 0.0630. The summed E-state index contributed by atoms with van der Waals surface area (Å²) in [6.45, 7) is 0.986. The highest BCUT2D eigenvalue weighted by atomic mass is 16.5. The number of nitrogens with zero attached hydrogens (tertiary/aromatic N) is 1. The lowest BCUT2D eigenvalue weighted by molar-refractivity contribution is -0.121. The zero-order valence-electron chi connectivity index (χ0n) is 12.7. The van der Waals surface area contributed by atoms with Gasteiger partial charge >= 0.3 is 5.97 Å². The van der Waals surface area contributed by atoms with Gasteiger partial charge in [0.25, 0.3) is 5.91 Å². The van der Waals surface area contributed by atoms with Gasteiger partial charge in [-0.25, -0.2) is 4.79 Å². The van der Waals surface area contributed by atoms with Crippen LogP contribution in [0.1, 0.15) is 27.1 Å². The lowest BCUT2D eigenvalue weighted by atomic mass is 10.1. The van der Waals surface area contributed by atoms with Crippen molar-refractivity contribution < 1.29 is 24.2 Å². The predicted molar refractivity (Wildman–Crippen MR) is 79.9 cm³/mol. The van der Waals surface area contributed by atoms with E-state index in [1.807, 2.05) is 0 Å². The van der Waals surface area contributed by atoms with E-state index in [2.05, 4.69) is 5.32 Å². The number of nitrogens with one attached hydrogen (secondary N) is 1. The Morgan fingerprint density at radius 3 is 2.32 bits per heavy atom. The Kier molecular flexibility index (Phi) is 7.04. The van der Waals surface area contributed by atoms with Crippen LogP contribution >= 0.6 is 0 Å².